The number of halogens is 1. The van der Waals surface area contributed by atoms with Crippen LogP contribution in [0, 0.1) is 0 Å². The number of hydrogen-bond donors (Lipinski definition) is 0. The number of hydrogen-bond acceptors (Lipinski definition) is 2. The quantitative estimate of drug-likeness (QED) is 0.533. The molecule has 60 valence electrons. The van der Waals surface area contributed by atoms with Crippen molar-refractivity contribution >= 4 is 23.4 Å². The zero-order valence-corrected chi connectivity index (χ0v) is 7.78. The third kappa shape index (κ3) is 3.14. The summed E-state index contributed by atoms with van der Waals surface area (Å²) in [4.78, 5) is 1.18. The van der Waals surface area contributed by atoms with E-state index in [4.69, 9.17) is 16.3 Å². The van der Waals surface area contributed by atoms with Gasteiger partial charge in [0.1, 0.15) is 0 Å². The lowest BCUT2D eigenvalue weighted by molar-refractivity contribution is 0.259. The smallest absolute Gasteiger partial charge is 0.0963 e. The van der Waals surface area contributed by atoms with E-state index in [9.17, 15) is 0 Å². The fraction of sp³-hybridized carbons (Fsp3) is 0.250. The summed E-state index contributed by atoms with van der Waals surface area (Å²) >= 11 is 7.35. The first-order chi connectivity index (χ1) is 5.33. The van der Waals surface area contributed by atoms with Crippen molar-refractivity contribution in [1.29, 1.82) is 0 Å². The summed E-state index contributed by atoms with van der Waals surface area (Å²) in [5.41, 5.74) is 0. The monoisotopic (exact) mass is 188 g/mol. The Kier molecular flexibility index (Phi) is 3.77. The van der Waals surface area contributed by atoms with Crippen molar-refractivity contribution in [3.63, 3.8) is 0 Å². The Morgan fingerprint density at radius 2 is 2.00 bits per heavy atom. The minimum Gasteiger partial charge on any atom is -0.374 e. The van der Waals surface area contributed by atoms with E-state index in [0.717, 1.165) is 5.02 Å². The van der Waals surface area contributed by atoms with E-state index in [1.54, 1.807) is 18.9 Å². The summed E-state index contributed by atoms with van der Waals surface area (Å²) in [7, 11) is 1.68. The molecule has 0 N–H and O–H groups in total. The molecule has 1 aromatic rings. The van der Waals surface area contributed by atoms with Gasteiger partial charge in [-0.05, 0) is 24.3 Å². The first-order valence-electron chi connectivity index (χ1n) is 3.20. The summed E-state index contributed by atoms with van der Waals surface area (Å²) < 4.78 is 4.91. The fourth-order valence-electron chi connectivity index (χ4n) is 0.658. The predicted octanol–water partition coefficient (Wildman–Crippen LogP) is 3.04. The Hall–Kier alpha value is -0.180. The molecule has 0 spiro atoms. The van der Waals surface area contributed by atoms with Gasteiger partial charge in [-0.15, -0.1) is 0 Å². The lowest BCUT2D eigenvalue weighted by atomic mass is 10.4. The maximum absolute atomic E-state index is 5.71. The Balaban J connectivity index is 2.52. The number of rotatable bonds is 3. The highest BCUT2D eigenvalue weighted by atomic mass is 35.5. The van der Waals surface area contributed by atoms with Gasteiger partial charge < -0.3 is 4.74 Å². The Labute approximate surface area is 75.7 Å². The lowest BCUT2D eigenvalue weighted by Gasteiger charge is -1.98. The first kappa shape index (κ1) is 8.91. The van der Waals surface area contributed by atoms with Gasteiger partial charge in [-0.1, -0.05) is 23.4 Å². The van der Waals surface area contributed by atoms with Gasteiger partial charge in [0, 0.05) is 17.0 Å². The van der Waals surface area contributed by atoms with Crippen LogP contribution in [0.25, 0.3) is 0 Å². The van der Waals surface area contributed by atoms with Crippen molar-refractivity contribution in [1.82, 2.24) is 0 Å². The summed E-state index contributed by atoms with van der Waals surface area (Å²) in [6.45, 7) is 0. The number of benzene rings is 1. The standard InChI is InChI=1S/C8H9ClOS/c1-10-6-11-8-4-2-7(9)3-5-8/h2-5H,6H2,1H3. The molecule has 0 aliphatic heterocycles. The maximum Gasteiger partial charge on any atom is 0.0963 e. The molecule has 0 bridgehead atoms. The molecule has 1 rings (SSSR count). The molecule has 0 amide bonds. The van der Waals surface area contributed by atoms with Gasteiger partial charge in [0.2, 0.25) is 0 Å². The van der Waals surface area contributed by atoms with Crippen LogP contribution in [0.3, 0.4) is 0 Å². The van der Waals surface area contributed by atoms with Crippen LogP contribution in [0.1, 0.15) is 0 Å². The van der Waals surface area contributed by atoms with E-state index in [-0.39, 0.29) is 0 Å². The first-order valence-corrected chi connectivity index (χ1v) is 4.56. The molecule has 0 saturated heterocycles. The van der Waals surface area contributed by atoms with Crippen molar-refractivity contribution in [2.75, 3.05) is 13.0 Å². The van der Waals surface area contributed by atoms with Gasteiger partial charge in [0.05, 0.1) is 5.94 Å². The predicted molar refractivity (Wildman–Crippen MR) is 49.2 cm³/mol. The molecule has 0 saturated carbocycles. The van der Waals surface area contributed by atoms with Crippen molar-refractivity contribution < 1.29 is 4.74 Å². The average molecular weight is 189 g/mol. The molecule has 0 fully saturated rings. The second kappa shape index (κ2) is 4.65. The zero-order chi connectivity index (χ0) is 8.10. The van der Waals surface area contributed by atoms with Crippen LogP contribution in [0.5, 0.6) is 0 Å². The van der Waals surface area contributed by atoms with Crippen LogP contribution in [-0.4, -0.2) is 13.0 Å². The minimum absolute atomic E-state index is 0.682. The molecular weight excluding hydrogens is 180 g/mol. The normalized spacial score (nSPS) is 10.0. The van der Waals surface area contributed by atoms with Crippen LogP contribution in [0.4, 0.5) is 0 Å². The summed E-state index contributed by atoms with van der Waals surface area (Å²) in [6.07, 6.45) is 0. The molecule has 0 aromatic heterocycles. The Morgan fingerprint density at radius 1 is 1.36 bits per heavy atom. The lowest BCUT2D eigenvalue weighted by Crippen LogP contribution is -1.80. The van der Waals surface area contributed by atoms with Crippen LogP contribution in [0.15, 0.2) is 29.2 Å². The number of thioether (sulfide) groups is 1. The van der Waals surface area contributed by atoms with E-state index in [0.29, 0.717) is 5.94 Å². The summed E-state index contributed by atoms with van der Waals surface area (Å²) in [5, 5.41) is 0.770. The molecule has 1 aromatic carbocycles. The molecule has 0 aliphatic carbocycles. The van der Waals surface area contributed by atoms with E-state index >= 15 is 0 Å². The average Bonchev–Trinajstić information content (AvgIpc) is 2.04. The third-order valence-electron chi connectivity index (χ3n) is 1.16. The van der Waals surface area contributed by atoms with Crippen molar-refractivity contribution in [2.45, 2.75) is 4.90 Å². The highest BCUT2D eigenvalue weighted by Gasteiger charge is 1.91. The molecule has 0 heterocycles. The van der Waals surface area contributed by atoms with Crippen LogP contribution >= 0.6 is 23.4 Å². The molecule has 0 radical (unpaired) electrons. The topological polar surface area (TPSA) is 9.23 Å². The zero-order valence-electron chi connectivity index (χ0n) is 6.21. The molecule has 0 aliphatic rings. The third-order valence-corrected chi connectivity index (χ3v) is 2.37. The molecule has 0 unspecified atom stereocenters. The van der Waals surface area contributed by atoms with Gasteiger partial charge in [-0.3, -0.25) is 0 Å². The van der Waals surface area contributed by atoms with E-state index in [2.05, 4.69) is 0 Å². The van der Waals surface area contributed by atoms with E-state index in [1.807, 2.05) is 24.3 Å². The summed E-state index contributed by atoms with van der Waals surface area (Å²) in [6, 6.07) is 7.71. The van der Waals surface area contributed by atoms with Crippen LogP contribution in [0.2, 0.25) is 5.02 Å². The largest absolute Gasteiger partial charge is 0.374 e. The molecular formula is C8H9ClOS. The van der Waals surface area contributed by atoms with Crippen molar-refractivity contribution in [3.05, 3.63) is 29.3 Å². The maximum atomic E-state index is 5.71. The second-order valence-corrected chi connectivity index (χ2v) is 3.44. The summed E-state index contributed by atoms with van der Waals surface area (Å²) in [5.74, 6) is 0.682. The van der Waals surface area contributed by atoms with Gasteiger partial charge >= 0.3 is 0 Å². The van der Waals surface area contributed by atoms with E-state index < -0.39 is 0 Å². The highest BCUT2D eigenvalue weighted by molar-refractivity contribution is 7.99. The second-order valence-electron chi connectivity index (χ2n) is 2.00. The highest BCUT2D eigenvalue weighted by Crippen LogP contribution is 2.19. The molecule has 11 heavy (non-hydrogen) atoms. The van der Waals surface area contributed by atoms with Gasteiger partial charge in [0.15, 0.2) is 0 Å². The minimum atomic E-state index is 0.682. The fourth-order valence-corrected chi connectivity index (χ4v) is 1.37. The Bertz CT molecular complexity index is 210. The molecule has 3 heteroatoms. The molecule has 0 atom stereocenters. The SMILES string of the molecule is COCSc1ccc(Cl)cc1. The Morgan fingerprint density at radius 3 is 2.55 bits per heavy atom. The van der Waals surface area contributed by atoms with Gasteiger partial charge in [-0.25, -0.2) is 0 Å². The van der Waals surface area contributed by atoms with Crippen LogP contribution in [-0.2, 0) is 4.74 Å². The van der Waals surface area contributed by atoms with Crippen LogP contribution < -0.4 is 0 Å². The van der Waals surface area contributed by atoms with Crippen molar-refractivity contribution in [2.24, 2.45) is 0 Å². The van der Waals surface area contributed by atoms with E-state index in [1.165, 1.54) is 4.90 Å². The number of methoxy groups -OCH3 is 1. The van der Waals surface area contributed by atoms with Crippen molar-refractivity contribution in [3.8, 4) is 0 Å². The molecule has 1 nitrogen and oxygen atoms in total. The van der Waals surface area contributed by atoms with Gasteiger partial charge in [0.25, 0.3) is 0 Å². The number of ether oxygens (including phenoxy) is 1. The van der Waals surface area contributed by atoms with Gasteiger partial charge in [-0.2, -0.15) is 0 Å².